The van der Waals surface area contributed by atoms with Gasteiger partial charge in [0.2, 0.25) is 0 Å². The topological polar surface area (TPSA) is 9.23 Å². The van der Waals surface area contributed by atoms with Crippen LogP contribution in [0.25, 0.3) is 0 Å². The second-order valence-electron chi connectivity index (χ2n) is 5.16. The minimum absolute atomic E-state index is 0.599. The Labute approximate surface area is 83.7 Å². The standard InChI is InChI=1S/C11H17OSi/c13-11-5-8-3-9(11)10(4-8)12-6-7-1-2-7/h7-11H,1-6H2. The van der Waals surface area contributed by atoms with Crippen molar-refractivity contribution >= 4 is 10.2 Å². The summed E-state index contributed by atoms with van der Waals surface area (Å²) in [4.78, 5) is 0. The van der Waals surface area contributed by atoms with Crippen LogP contribution in [0.5, 0.6) is 0 Å². The van der Waals surface area contributed by atoms with E-state index >= 15 is 0 Å². The van der Waals surface area contributed by atoms with Crippen molar-refractivity contribution in [3.05, 3.63) is 0 Å². The van der Waals surface area contributed by atoms with Crippen LogP contribution >= 0.6 is 0 Å². The first-order chi connectivity index (χ1) is 6.33. The summed E-state index contributed by atoms with van der Waals surface area (Å²) in [5, 5.41) is 0. The molecule has 0 heterocycles. The molecular weight excluding hydrogens is 176 g/mol. The van der Waals surface area contributed by atoms with Crippen molar-refractivity contribution in [3.8, 4) is 0 Å². The molecule has 0 N–H and O–H groups in total. The van der Waals surface area contributed by atoms with Gasteiger partial charge in [-0.3, -0.25) is 0 Å². The Morgan fingerprint density at radius 1 is 1.15 bits per heavy atom. The van der Waals surface area contributed by atoms with Gasteiger partial charge in [-0.1, -0.05) is 6.42 Å². The fourth-order valence-electron chi connectivity index (χ4n) is 3.02. The van der Waals surface area contributed by atoms with Crippen molar-refractivity contribution in [2.45, 2.75) is 43.7 Å². The molecule has 71 valence electrons. The third kappa shape index (κ3) is 1.59. The van der Waals surface area contributed by atoms with Crippen LogP contribution in [0, 0.1) is 17.8 Å². The van der Waals surface area contributed by atoms with Gasteiger partial charge in [0, 0.05) is 16.8 Å². The second kappa shape index (κ2) is 3.09. The molecule has 13 heavy (non-hydrogen) atoms. The van der Waals surface area contributed by atoms with Gasteiger partial charge < -0.3 is 4.74 Å². The normalized spacial score (nSPS) is 48.7. The lowest BCUT2D eigenvalue weighted by molar-refractivity contribution is 0.0110. The molecule has 0 saturated heterocycles. The van der Waals surface area contributed by atoms with E-state index in [4.69, 9.17) is 4.74 Å². The highest BCUT2D eigenvalue weighted by Gasteiger charge is 2.45. The highest BCUT2D eigenvalue weighted by Crippen LogP contribution is 2.51. The molecule has 1 nitrogen and oxygen atoms in total. The first-order valence-corrected chi connectivity index (χ1v) is 6.23. The predicted octanol–water partition coefficient (Wildman–Crippen LogP) is 2.17. The highest BCUT2D eigenvalue weighted by molar-refractivity contribution is 6.12. The average Bonchev–Trinajstić information content (AvgIpc) is 2.76. The Bertz CT molecular complexity index is 202. The molecule has 2 bridgehead atoms. The SMILES string of the molecule is [Si]C1CC2CC(OCC3CC3)C1C2. The Morgan fingerprint density at radius 2 is 2.00 bits per heavy atom. The largest absolute Gasteiger partial charge is 0.378 e. The van der Waals surface area contributed by atoms with Gasteiger partial charge in [-0.05, 0) is 49.0 Å². The van der Waals surface area contributed by atoms with Gasteiger partial charge in [0.1, 0.15) is 0 Å². The van der Waals surface area contributed by atoms with E-state index in [1.807, 2.05) is 0 Å². The van der Waals surface area contributed by atoms with Crippen LogP contribution in [0.2, 0.25) is 5.54 Å². The summed E-state index contributed by atoms with van der Waals surface area (Å²) >= 11 is 0. The van der Waals surface area contributed by atoms with Crippen LogP contribution in [0.15, 0.2) is 0 Å². The van der Waals surface area contributed by atoms with Gasteiger partial charge in [0.25, 0.3) is 0 Å². The van der Waals surface area contributed by atoms with E-state index in [1.165, 1.54) is 32.1 Å². The van der Waals surface area contributed by atoms with Crippen molar-refractivity contribution in [1.29, 1.82) is 0 Å². The first-order valence-electron chi connectivity index (χ1n) is 5.65. The van der Waals surface area contributed by atoms with Crippen molar-refractivity contribution < 1.29 is 4.74 Å². The summed E-state index contributed by atoms with van der Waals surface area (Å²) in [7, 11) is 3.83. The Kier molecular flexibility index (Phi) is 2.02. The Hall–Kier alpha value is 0.177. The van der Waals surface area contributed by atoms with Crippen molar-refractivity contribution in [3.63, 3.8) is 0 Å². The van der Waals surface area contributed by atoms with Crippen LogP contribution < -0.4 is 0 Å². The van der Waals surface area contributed by atoms with E-state index in [9.17, 15) is 0 Å². The summed E-state index contributed by atoms with van der Waals surface area (Å²) in [5.74, 6) is 2.73. The molecule has 0 amide bonds. The lowest BCUT2D eigenvalue weighted by Crippen LogP contribution is -2.25. The molecule has 3 radical (unpaired) electrons. The fraction of sp³-hybridized carbons (Fsp3) is 1.00. The van der Waals surface area contributed by atoms with E-state index in [0.717, 1.165) is 29.9 Å². The molecule has 0 aromatic heterocycles. The smallest absolute Gasteiger partial charge is 0.0605 e. The van der Waals surface area contributed by atoms with Crippen LogP contribution in [-0.2, 0) is 4.74 Å². The van der Waals surface area contributed by atoms with Gasteiger partial charge in [0.15, 0.2) is 0 Å². The molecule has 4 atom stereocenters. The van der Waals surface area contributed by atoms with E-state index in [2.05, 4.69) is 10.2 Å². The number of hydrogen-bond acceptors (Lipinski definition) is 1. The minimum Gasteiger partial charge on any atom is -0.378 e. The molecular formula is C11H17OSi. The van der Waals surface area contributed by atoms with E-state index in [-0.39, 0.29) is 0 Å². The fourth-order valence-corrected chi connectivity index (χ4v) is 3.71. The molecule has 2 heteroatoms. The van der Waals surface area contributed by atoms with Gasteiger partial charge in [0.05, 0.1) is 6.10 Å². The van der Waals surface area contributed by atoms with E-state index < -0.39 is 0 Å². The predicted molar refractivity (Wildman–Crippen MR) is 52.8 cm³/mol. The molecule has 0 aromatic rings. The van der Waals surface area contributed by atoms with Gasteiger partial charge in [-0.15, -0.1) is 0 Å². The number of fused-ring (bicyclic) bond motifs is 2. The summed E-state index contributed by atoms with van der Waals surface area (Å²) in [6, 6.07) is 0. The van der Waals surface area contributed by atoms with Crippen LogP contribution in [0.4, 0.5) is 0 Å². The first kappa shape index (κ1) is 8.48. The maximum absolute atomic E-state index is 6.00. The highest BCUT2D eigenvalue weighted by atomic mass is 28.1. The maximum atomic E-state index is 6.00. The van der Waals surface area contributed by atoms with Crippen molar-refractivity contribution in [2.75, 3.05) is 6.61 Å². The summed E-state index contributed by atoms with van der Waals surface area (Å²) in [6.07, 6.45) is 7.59. The van der Waals surface area contributed by atoms with Crippen LogP contribution in [-0.4, -0.2) is 23.0 Å². The monoisotopic (exact) mass is 193 g/mol. The third-order valence-electron chi connectivity index (χ3n) is 4.00. The molecule has 0 spiro atoms. The van der Waals surface area contributed by atoms with E-state index in [1.54, 1.807) is 0 Å². The minimum atomic E-state index is 0.599. The Morgan fingerprint density at radius 3 is 2.62 bits per heavy atom. The molecule has 3 fully saturated rings. The Balaban J connectivity index is 1.53. The zero-order valence-corrected chi connectivity index (χ0v) is 9.04. The van der Waals surface area contributed by atoms with Gasteiger partial charge in [-0.2, -0.15) is 0 Å². The summed E-state index contributed by atoms with van der Waals surface area (Å²) in [5.41, 5.74) is 0.753. The molecule has 3 rings (SSSR count). The summed E-state index contributed by atoms with van der Waals surface area (Å²) in [6.45, 7) is 1.05. The lowest BCUT2D eigenvalue weighted by Gasteiger charge is -2.27. The maximum Gasteiger partial charge on any atom is 0.0605 e. The molecule has 0 aromatic carbocycles. The molecule has 4 unspecified atom stereocenters. The zero-order valence-electron chi connectivity index (χ0n) is 8.04. The molecule has 3 aliphatic carbocycles. The second-order valence-corrected chi connectivity index (χ2v) is 5.90. The third-order valence-corrected chi connectivity index (χ3v) is 4.66. The molecule has 0 aliphatic heterocycles. The zero-order chi connectivity index (χ0) is 8.84. The average molecular weight is 193 g/mol. The van der Waals surface area contributed by atoms with Crippen LogP contribution in [0.3, 0.4) is 0 Å². The van der Waals surface area contributed by atoms with Gasteiger partial charge >= 0.3 is 0 Å². The lowest BCUT2D eigenvalue weighted by atomic mass is 9.97. The summed E-state index contributed by atoms with van der Waals surface area (Å²) < 4.78 is 6.00. The van der Waals surface area contributed by atoms with E-state index in [0.29, 0.717) is 6.10 Å². The number of ether oxygens (including phenoxy) is 1. The van der Waals surface area contributed by atoms with Crippen molar-refractivity contribution in [2.24, 2.45) is 17.8 Å². The van der Waals surface area contributed by atoms with Crippen LogP contribution in [0.1, 0.15) is 32.1 Å². The quantitative estimate of drug-likeness (QED) is 0.624. The van der Waals surface area contributed by atoms with Crippen molar-refractivity contribution in [1.82, 2.24) is 0 Å². The van der Waals surface area contributed by atoms with Gasteiger partial charge in [-0.25, -0.2) is 0 Å². The molecule has 3 aliphatic rings. The number of hydrogen-bond donors (Lipinski definition) is 0. The molecule has 3 saturated carbocycles. The number of rotatable bonds is 3.